The summed E-state index contributed by atoms with van der Waals surface area (Å²) in [5, 5.41) is 0. The van der Waals surface area contributed by atoms with Gasteiger partial charge in [-0.1, -0.05) is 12.1 Å². The second-order valence-corrected chi connectivity index (χ2v) is 5.56. The standard InChI is InChI=1S/C15H14BrNO3/c1-2-19-15(18)13-12(9-7-8-9)17-14(20-13)10-5-3-4-6-11(10)16/h3-6,9H,2,7-8H2,1H3. The van der Waals surface area contributed by atoms with E-state index in [9.17, 15) is 4.79 Å². The number of ether oxygens (including phenoxy) is 1. The van der Waals surface area contributed by atoms with Gasteiger partial charge in [0, 0.05) is 10.4 Å². The molecule has 2 aromatic rings. The zero-order chi connectivity index (χ0) is 14.1. The van der Waals surface area contributed by atoms with E-state index in [1.165, 1.54) is 0 Å². The first kappa shape index (κ1) is 13.4. The molecule has 0 N–H and O–H groups in total. The predicted octanol–water partition coefficient (Wildman–Crippen LogP) is 4.16. The van der Waals surface area contributed by atoms with Gasteiger partial charge in [0.2, 0.25) is 11.7 Å². The van der Waals surface area contributed by atoms with Crippen LogP contribution in [0.5, 0.6) is 0 Å². The van der Waals surface area contributed by atoms with Gasteiger partial charge in [0.25, 0.3) is 0 Å². The number of nitrogens with zero attached hydrogens (tertiary/aromatic N) is 1. The van der Waals surface area contributed by atoms with E-state index in [0.717, 1.165) is 28.6 Å². The third kappa shape index (κ3) is 2.50. The van der Waals surface area contributed by atoms with E-state index in [1.54, 1.807) is 6.92 Å². The summed E-state index contributed by atoms with van der Waals surface area (Å²) in [7, 11) is 0. The minimum Gasteiger partial charge on any atom is -0.460 e. The lowest BCUT2D eigenvalue weighted by Crippen LogP contribution is -2.05. The first-order chi connectivity index (χ1) is 9.70. The molecule has 0 aliphatic heterocycles. The minimum absolute atomic E-state index is 0.250. The Hall–Kier alpha value is -1.62. The average Bonchev–Trinajstić information content (AvgIpc) is 3.19. The summed E-state index contributed by atoms with van der Waals surface area (Å²) in [6.07, 6.45) is 2.10. The lowest BCUT2D eigenvalue weighted by Gasteiger charge is -1.99. The summed E-state index contributed by atoms with van der Waals surface area (Å²) in [6.45, 7) is 2.10. The maximum atomic E-state index is 12.0. The van der Waals surface area contributed by atoms with Gasteiger partial charge in [-0.2, -0.15) is 0 Å². The summed E-state index contributed by atoms with van der Waals surface area (Å²) >= 11 is 3.47. The van der Waals surface area contributed by atoms with Gasteiger partial charge in [-0.05, 0) is 47.8 Å². The Morgan fingerprint density at radius 1 is 1.45 bits per heavy atom. The van der Waals surface area contributed by atoms with Crippen molar-refractivity contribution < 1.29 is 13.9 Å². The molecule has 5 heteroatoms. The highest BCUT2D eigenvalue weighted by Gasteiger charge is 2.34. The Labute approximate surface area is 125 Å². The second-order valence-electron chi connectivity index (χ2n) is 4.71. The van der Waals surface area contributed by atoms with E-state index in [0.29, 0.717) is 18.4 Å². The molecule has 1 aliphatic rings. The molecule has 20 heavy (non-hydrogen) atoms. The fourth-order valence-electron chi connectivity index (χ4n) is 2.06. The van der Waals surface area contributed by atoms with E-state index in [1.807, 2.05) is 24.3 Å². The number of benzene rings is 1. The highest BCUT2D eigenvalue weighted by molar-refractivity contribution is 9.10. The van der Waals surface area contributed by atoms with Crippen LogP contribution in [0.3, 0.4) is 0 Å². The molecule has 1 heterocycles. The Kier molecular flexibility index (Phi) is 3.61. The quantitative estimate of drug-likeness (QED) is 0.787. The van der Waals surface area contributed by atoms with Crippen molar-refractivity contribution in [2.45, 2.75) is 25.7 Å². The van der Waals surface area contributed by atoms with Crippen molar-refractivity contribution in [3.8, 4) is 11.5 Å². The van der Waals surface area contributed by atoms with Crippen molar-refractivity contribution in [1.29, 1.82) is 0 Å². The Bertz CT molecular complexity index is 646. The number of carbonyl (C=O) groups excluding carboxylic acids is 1. The number of hydrogen-bond acceptors (Lipinski definition) is 4. The molecular formula is C15H14BrNO3. The van der Waals surface area contributed by atoms with Crippen LogP contribution in [0, 0.1) is 0 Å². The third-order valence-electron chi connectivity index (χ3n) is 3.18. The Morgan fingerprint density at radius 2 is 2.20 bits per heavy atom. The molecule has 3 rings (SSSR count). The molecule has 1 saturated carbocycles. The highest BCUT2D eigenvalue weighted by Crippen LogP contribution is 2.43. The lowest BCUT2D eigenvalue weighted by molar-refractivity contribution is 0.0489. The second kappa shape index (κ2) is 5.40. The van der Waals surface area contributed by atoms with Crippen molar-refractivity contribution in [1.82, 2.24) is 4.98 Å². The van der Waals surface area contributed by atoms with Crippen LogP contribution in [0.1, 0.15) is 41.9 Å². The molecular weight excluding hydrogens is 322 g/mol. The van der Waals surface area contributed by atoms with Gasteiger partial charge in [-0.3, -0.25) is 0 Å². The molecule has 1 aromatic heterocycles. The topological polar surface area (TPSA) is 52.3 Å². The highest BCUT2D eigenvalue weighted by atomic mass is 79.9. The maximum absolute atomic E-state index is 12.0. The van der Waals surface area contributed by atoms with Crippen LogP contribution in [0.15, 0.2) is 33.2 Å². The predicted molar refractivity (Wildman–Crippen MR) is 77.6 cm³/mol. The van der Waals surface area contributed by atoms with Gasteiger partial charge < -0.3 is 9.15 Å². The number of oxazole rings is 1. The van der Waals surface area contributed by atoms with Crippen LogP contribution >= 0.6 is 15.9 Å². The van der Waals surface area contributed by atoms with Crippen molar-refractivity contribution >= 4 is 21.9 Å². The zero-order valence-corrected chi connectivity index (χ0v) is 12.6. The van der Waals surface area contributed by atoms with Gasteiger partial charge in [0.05, 0.1) is 17.9 Å². The Morgan fingerprint density at radius 3 is 2.85 bits per heavy atom. The molecule has 1 aromatic carbocycles. The number of hydrogen-bond donors (Lipinski definition) is 0. The fourth-order valence-corrected chi connectivity index (χ4v) is 2.51. The first-order valence-corrected chi connectivity index (χ1v) is 7.42. The van der Waals surface area contributed by atoms with E-state index in [4.69, 9.17) is 9.15 Å². The molecule has 0 bridgehead atoms. The lowest BCUT2D eigenvalue weighted by atomic mass is 10.2. The number of halogens is 1. The molecule has 104 valence electrons. The van der Waals surface area contributed by atoms with Crippen LogP contribution in [-0.2, 0) is 4.74 Å². The van der Waals surface area contributed by atoms with Crippen LogP contribution < -0.4 is 0 Å². The fraction of sp³-hybridized carbons (Fsp3) is 0.333. The summed E-state index contributed by atoms with van der Waals surface area (Å²) in [5.74, 6) is 0.608. The average molecular weight is 336 g/mol. The Balaban J connectivity index is 2.03. The number of esters is 1. The van der Waals surface area contributed by atoms with Crippen LogP contribution in [0.4, 0.5) is 0 Å². The van der Waals surface area contributed by atoms with Gasteiger partial charge in [-0.25, -0.2) is 9.78 Å². The van der Waals surface area contributed by atoms with Crippen LogP contribution in [0.2, 0.25) is 0 Å². The summed E-state index contributed by atoms with van der Waals surface area (Å²) < 4.78 is 11.6. The smallest absolute Gasteiger partial charge is 0.376 e. The maximum Gasteiger partial charge on any atom is 0.376 e. The normalized spacial score (nSPS) is 14.3. The molecule has 1 aliphatic carbocycles. The zero-order valence-electron chi connectivity index (χ0n) is 11.1. The number of aromatic nitrogens is 1. The molecule has 0 unspecified atom stereocenters. The monoisotopic (exact) mass is 335 g/mol. The summed E-state index contributed by atoms with van der Waals surface area (Å²) in [6, 6.07) is 7.65. The third-order valence-corrected chi connectivity index (χ3v) is 3.87. The summed E-state index contributed by atoms with van der Waals surface area (Å²) in [4.78, 5) is 16.5. The van der Waals surface area contributed by atoms with Crippen molar-refractivity contribution in [3.63, 3.8) is 0 Å². The largest absolute Gasteiger partial charge is 0.460 e. The van der Waals surface area contributed by atoms with Crippen molar-refractivity contribution in [2.75, 3.05) is 6.61 Å². The molecule has 0 atom stereocenters. The van der Waals surface area contributed by atoms with Gasteiger partial charge in [0.1, 0.15) is 0 Å². The van der Waals surface area contributed by atoms with E-state index >= 15 is 0 Å². The molecule has 4 nitrogen and oxygen atoms in total. The van der Waals surface area contributed by atoms with Crippen molar-refractivity contribution in [3.05, 3.63) is 40.2 Å². The van der Waals surface area contributed by atoms with E-state index in [2.05, 4.69) is 20.9 Å². The van der Waals surface area contributed by atoms with Gasteiger partial charge in [0.15, 0.2) is 0 Å². The van der Waals surface area contributed by atoms with E-state index < -0.39 is 5.97 Å². The van der Waals surface area contributed by atoms with Gasteiger partial charge in [-0.15, -0.1) is 0 Å². The van der Waals surface area contributed by atoms with Crippen molar-refractivity contribution in [2.24, 2.45) is 0 Å². The molecule has 0 radical (unpaired) electrons. The number of carbonyl (C=O) groups is 1. The van der Waals surface area contributed by atoms with Gasteiger partial charge >= 0.3 is 5.97 Å². The minimum atomic E-state index is -0.430. The van der Waals surface area contributed by atoms with E-state index in [-0.39, 0.29) is 5.76 Å². The van der Waals surface area contributed by atoms with Crippen LogP contribution in [0.25, 0.3) is 11.5 Å². The molecule has 1 fully saturated rings. The van der Waals surface area contributed by atoms with Crippen LogP contribution in [-0.4, -0.2) is 17.6 Å². The molecule has 0 amide bonds. The molecule has 0 spiro atoms. The first-order valence-electron chi connectivity index (χ1n) is 6.63. The molecule has 0 saturated heterocycles. The summed E-state index contributed by atoms with van der Waals surface area (Å²) in [5.41, 5.74) is 1.57. The SMILES string of the molecule is CCOC(=O)c1oc(-c2ccccc2Br)nc1C1CC1. The number of rotatable bonds is 4.